The van der Waals surface area contributed by atoms with Gasteiger partial charge in [-0.2, -0.15) is 0 Å². The van der Waals surface area contributed by atoms with Crippen LogP contribution in [-0.2, 0) is 9.59 Å². The molecule has 3 heterocycles. The number of carbonyl (C=O) groups is 2. The van der Waals surface area contributed by atoms with Crippen LogP contribution >= 0.6 is 0 Å². The average molecular weight is 587 g/mol. The van der Waals surface area contributed by atoms with E-state index in [0.717, 1.165) is 37.2 Å². The Kier molecular flexibility index (Phi) is 12.5. The molecule has 2 saturated heterocycles. The van der Waals surface area contributed by atoms with Gasteiger partial charge in [0.25, 0.3) is 0 Å². The number of fused-ring (bicyclic) bond motifs is 1. The summed E-state index contributed by atoms with van der Waals surface area (Å²) in [5.41, 5.74) is 2.54. The Morgan fingerprint density at radius 3 is 2.48 bits per heavy atom. The number of aliphatic hydroxyl groups is 1. The number of amides is 1. The maximum absolute atomic E-state index is 12.0. The zero-order chi connectivity index (χ0) is 30.1. The number of hydrogen-bond acceptors (Lipinski definition) is 8. The highest BCUT2D eigenvalue weighted by molar-refractivity contribution is 5.78. The molecule has 0 spiro atoms. The van der Waals surface area contributed by atoms with E-state index in [2.05, 4.69) is 54.9 Å². The number of rotatable bonds is 14. The highest BCUT2D eigenvalue weighted by Crippen LogP contribution is 2.48. The van der Waals surface area contributed by atoms with Gasteiger partial charge in [-0.15, -0.1) is 0 Å². The molecule has 42 heavy (non-hydrogen) atoms. The Balaban J connectivity index is 0.000000288. The SMILES string of the molecule is CCCCN(C)CCCN(C)C.O=CCN1CC(c2cc3c(c(C4CCC4)c2)OCO3)CC1CCN1C(=O)CCC1O. The van der Waals surface area contributed by atoms with Gasteiger partial charge in [-0.3, -0.25) is 9.69 Å². The van der Waals surface area contributed by atoms with Crippen LogP contribution in [0, 0.1) is 0 Å². The van der Waals surface area contributed by atoms with Crippen LogP contribution in [0.2, 0.25) is 0 Å². The van der Waals surface area contributed by atoms with Crippen LogP contribution in [0.4, 0.5) is 0 Å². The van der Waals surface area contributed by atoms with Crippen LogP contribution in [0.25, 0.3) is 0 Å². The van der Waals surface area contributed by atoms with Gasteiger partial charge in [-0.1, -0.05) is 25.8 Å². The lowest BCUT2D eigenvalue weighted by Crippen LogP contribution is -2.38. The second-order valence-corrected chi connectivity index (χ2v) is 12.9. The van der Waals surface area contributed by atoms with E-state index in [1.807, 2.05) is 0 Å². The molecule has 0 bridgehead atoms. The van der Waals surface area contributed by atoms with Crippen molar-refractivity contribution in [2.45, 2.75) is 95.2 Å². The van der Waals surface area contributed by atoms with Gasteiger partial charge in [0.05, 0.1) is 6.54 Å². The van der Waals surface area contributed by atoms with Crippen LogP contribution in [0.5, 0.6) is 11.5 Å². The van der Waals surface area contributed by atoms with Crippen molar-refractivity contribution in [3.05, 3.63) is 23.3 Å². The summed E-state index contributed by atoms with van der Waals surface area (Å²) < 4.78 is 11.5. The number of nitrogens with zero attached hydrogens (tertiary/aromatic N) is 4. The summed E-state index contributed by atoms with van der Waals surface area (Å²) >= 11 is 0. The number of likely N-dealkylation sites (tertiary alicyclic amines) is 2. The molecular weight excluding hydrogens is 532 g/mol. The van der Waals surface area contributed by atoms with Crippen LogP contribution in [0.3, 0.4) is 0 Å². The predicted molar refractivity (Wildman–Crippen MR) is 165 cm³/mol. The van der Waals surface area contributed by atoms with Gasteiger partial charge in [-0.05, 0) is 103 Å². The maximum Gasteiger partial charge on any atom is 0.231 e. The monoisotopic (exact) mass is 586 g/mol. The molecular formula is C33H54N4O5. The molecule has 3 unspecified atom stereocenters. The molecule has 9 nitrogen and oxygen atoms in total. The largest absolute Gasteiger partial charge is 0.454 e. The van der Waals surface area contributed by atoms with Crippen molar-refractivity contribution < 1.29 is 24.2 Å². The van der Waals surface area contributed by atoms with Gasteiger partial charge in [-0.25, -0.2) is 0 Å². The van der Waals surface area contributed by atoms with Crippen LogP contribution in [-0.4, -0.2) is 116 Å². The third-order valence-corrected chi connectivity index (χ3v) is 9.42. The first-order valence-electron chi connectivity index (χ1n) is 16.2. The number of aldehydes is 1. The lowest BCUT2D eigenvalue weighted by atomic mass is 9.78. The molecule has 3 aliphatic heterocycles. The van der Waals surface area contributed by atoms with Gasteiger partial charge in [0.1, 0.15) is 12.5 Å². The Bertz CT molecular complexity index is 1020. The van der Waals surface area contributed by atoms with Crippen molar-refractivity contribution in [1.82, 2.24) is 19.6 Å². The minimum absolute atomic E-state index is 0.0277. The Morgan fingerprint density at radius 1 is 1.05 bits per heavy atom. The molecule has 236 valence electrons. The van der Waals surface area contributed by atoms with Gasteiger partial charge >= 0.3 is 0 Å². The Labute approximate surface area is 253 Å². The molecule has 4 aliphatic rings. The molecule has 9 heteroatoms. The van der Waals surface area contributed by atoms with Crippen LogP contribution in [0.15, 0.2) is 12.1 Å². The van der Waals surface area contributed by atoms with Crippen molar-refractivity contribution in [2.75, 3.05) is 67.2 Å². The molecule has 1 aromatic rings. The van der Waals surface area contributed by atoms with Crippen molar-refractivity contribution in [3.63, 3.8) is 0 Å². The molecule has 1 aromatic carbocycles. The molecule has 0 radical (unpaired) electrons. The van der Waals surface area contributed by atoms with Gasteiger partial charge < -0.3 is 34.1 Å². The summed E-state index contributed by atoms with van der Waals surface area (Å²) in [4.78, 5) is 31.7. The fourth-order valence-corrected chi connectivity index (χ4v) is 6.64. The van der Waals surface area contributed by atoms with Crippen molar-refractivity contribution in [1.29, 1.82) is 0 Å². The van der Waals surface area contributed by atoms with E-state index in [9.17, 15) is 14.7 Å². The van der Waals surface area contributed by atoms with E-state index < -0.39 is 6.23 Å². The number of carbonyl (C=O) groups excluding carboxylic acids is 2. The zero-order valence-electron chi connectivity index (χ0n) is 26.4. The number of hydrogen-bond donors (Lipinski definition) is 1. The van der Waals surface area contributed by atoms with Gasteiger partial charge in [0.15, 0.2) is 11.5 Å². The molecule has 3 fully saturated rings. The first-order chi connectivity index (χ1) is 20.3. The van der Waals surface area contributed by atoms with Crippen molar-refractivity contribution in [3.8, 4) is 11.5 Å². The highest BCUT2D eigenvalue weighted by Gasteiger charge is 2.37. The Morgan fingerprint density at radius 2 is 1.83 bits per heavy atom. The molecule has 3 atom stereocenters. The van der Waals surface area contributed by atoms with Crippen LogP contribution in [0.1, 0.15) is 94.1 Å². The molecule has 1 saturated carbocycles. The molecule has 0 aromatic heterocycles. The quantitative estimate of drug-likeness (QED) is 0.327. The summed E-state index contributed by atoms with van der Waals surface area (Å²) in [6.07, 6.45) is 10.6. The number of aliphatic hydroxyl groups excluding tert-OH is 1. The van der Waals surface area contributed by atoms with E-state index >= 15 is 0 Å². The normalized spacial score (nSPS) is 23.9. The summed E-state index contributed by atoms with van der Waals surface area (Å²) in [5.74, 6) is 2.68. The number of benzene rings is 1. The van der Waals surface area contributed by atoms with E-state index in [4.69, 9.17) is 9.47 Å². The van der Waals surface area contributed by atoms with Gasteiger partial charge in [0, 0.05) is 37.5 Å². The molecule has 1 aliphatic carbocycles. The number of unbranched alkanes of at least 4 members (excludes halogenated alkanes) is 1. The van der Waals surface area contributed by atoms with Gasteiger partial charge in [0.2, 0.25) is 12.7 Å². The van der Waals surface area contributed by atoms with Crippen molar-refractivity contribution >= 4 is 12.2 Å². The predicted octanol–water partition coefficient (Wildman–Crippen LogP) is 4.04. The van der Waals surface area contributed by atoms with E-state index in [-0.39, 0.29) is 18.7 Å². The first-order valence-corrected chi connectivity index (χ1v) is 16.2. The highest BCUT2D eigenvalue weighted by atomic mass is 16.7. The second kappa shape index (κ2) is 16.0. The fourth-order valence-electron chi connectivity index (χ4n) is 6.64. The molecule has 1 N–H and O–H groups in total. The van der Waals surface area contributed by atoms with Crippen LogP contribution < -0.4 is 9.47 Å². The van der Waals surface area contributed by atoms with E-state index in [1.54, 1.807) is 4.90 Å². The Hall–Kier alpha value is -2.20. The fraction of sp³-hybridized carbons (Fsp3) is 0.758. The molecule has 5 rings (SSSR count). The summed E-state index contributed by atoms with van der Waals surface area (Å²) in [6, 6.07) is 4.64. The van der Waals surface area contributed by atoms with Crippen molar-refractivity contribution in [2.24, 2.45) is 0 Å². The number of ether oxygens (including phenoxy) is 2. The maximum atomic E-state index is 12.0. The smallest absolute Gasteiger partial charge is 0.231 e. The molecule has 1 amide bonds. The average Bonchev–Trinajstić information content (AvgIpc) is 3.65. The zero-order valence-corrected chi connectivity index (χ0v) is 26.4. The lowest BCUT2D eigenvalue weighted by Gasteiger charge is -2.27. The standard InChI is InChI=1S/C23H30N2O5.C10H24N2/c26-9-8-24-13-17(10-18(24)6-7-25-21(27)4-5-22(25)28)16-11-19(15-2-1-3-15)23-20(12-16)29-14-30-23;1-5-6-9-12(4)10-7-8-11(2)3/h9,11-12,15,17-18,21,27H,1-8,10,13-14H2;5-10H2,1-4H3. The topological polar surface area (TPSA) is 85.8 Å². The minimum Gasteiger partial charge on any atom is -0.454 e. The first kappa shape index (κ1) is 32.7. The third-order valence-electron chi connectivity index (χ3n) is 9.42. The summed E-state index contributed by atoms with van der Waals surface area (Å²) in [7, 11) is 6.48. The van der Waals surface area contributed by atoms with E-state index in [0.29, 0.717) is 37.8 Å². The minimum atomic E-state index is -0.659. The summed E-state index contributed by atoms with van der Waals surface area (Å²) in [5, 5.41) is 10.0. The lowest BCUT2D eigenvalue weighted by molar-refractivity contribution is -0.133. The summed E-state index contributed by atoms with van der Waals surface area (Å²) in [6.45, 7) is 7.99. The third kappa shape index (κ3) is 8.68. The van der Waals surface area contributed by atoms with E-state index in [1.165, 1.54) is 69.3 Å². The second-order valence-electron chi connectivity index (χ2n) is 12.9.